The van der Waals surface area contributed by atoms with Gasteiger partial charge in [-0.05, 0) is 67.8 Å². The Bertz CT molecular complexity index is 1540. The molecule has 1 amide bonds. The Morgan fingerprint density at radius 3 is 2.76 bits per heavy atom. The maximum Gasteiger partial charge on any atom is 0.260 e. The largest absolute Gasteiger partial charge is 0.454 e. The monoisotopic (exact) mass is 511 g/mol. The van der Waals surface area contributed by atoms with Gasteiger partial charge < -0.3 is 14.4 Å². The summed E-state index contributed by atoms with van der Waals surface area (Å²) in [6, 6.07) is 15.4. The molecule has 0 saturated carbocycles. The molecule has 0 N–H and O–H groups in total. The van der Waals surface area contributed by atoms with Gasteiger partial charge in [0.25, 0.3) is 5.91 Å². The van der Waals surface area contributed by atoms with Gasteiger partial charge in [-0.25, -0.2) is 4.98 Å². The maximum atomic E-state index is 13.2. The molecule has 2 aromatic heterocycles. The first kappa shape index (κ1) is 23.4. The van der Waals surface area contributed by atoms with Gasteiger partial charge in [0.05, 0.1) is 17.7 Å². The minimum Gasteiger partial charge on any atom is -0.454 e. The van der Waals surface area contributed by atoms with E-state index < -0.39 is 0 Å². The number of ether oxygens (including phenoxy) is 2. The number of hydrogen-bond donors (Lipinski definition) is 0. The van der Waals surface area contributed by atoms with E-state index in [1.54, 1.807) is 23.6 Å². The number of carbonyl (C=O) groups excluding carboxylic acids is 2. The molecule has 186 valence electrons. The summed E-state index contributed by atoms with van der Waals surface area (Å²) in [4.78, 5) is 37.9. The van der Waals surface area contributed by atoms with Gasteiger partial charge in [-0.1, -0.05) is 12.1 Å². The van der Waals surface area contributed by atoms with Crippen molar-refractivity contribution in [3.8, 4) is 22.8 Å². The van der Waals surface area contributed by atoms with Crippen LogP contribution in [-0.4, -0.2) is 35.0 Å². The molecule has 2 aliphatic heterocycles. The highest BCUT2D eigenvalue weighted by Crippen LogP contribution is 2.36. The van der Waals surface area contributed by atoms with Crippen molar-refractivity contribution in [1.82, 2.24) is 9.97 Å². The minimum absolute atomic E-state index is 0.0230. The fourth-order valence-corrected chi connectivity index (χ4v) is 5.90. The van der Waals surface area contributed by atoms with Crippen LogP contribution in [0.4, 0.5) is 5.69 Å². The molecule has 0 saturated heterocycles. The third kappa shape index (κ3) is 4.49. The molecule has 0 bridgehead atoms. The van der Waals surface area contributed by atoms with Crippen LogP contribution < -0.4 is 14.4 Å². The molecular weight excluding hydrogens is 486 g/mol. The standard InChI is InChI=1S/C29H25N3O4S/c1-17-23(4-3-10-30-17)29(34)32-11-9-20-14-21(6-7-24(20)32)28-18(2)37-27(31-28)15-22(33)12-19-5-8-25-26(13-19)36-16-35-25/h3-8,10,13-14H,9,11-12,15-16H2,1-2H3. The van der Waals surface area contributed by atoms with E-state index in [4.69, 9.17) is 14.5 Å². The number of carbonyl (C=O) groups is 2. The number of aromatic nitrogens is 2. The van der Waals surface area contributed by atoms with Crippen molar-refractivity contribution in [2.24, 2.45) is 0 Å². The molecule has 0 spiro atoms. The van der Waals surface area contributed by atoms with Crippen LogP contribution >= 0.6 is 11.3 Å². The third-order valence-corrected chi connectivity index (χ3v) is 7.73. The van der Waals surface area contributed by atoms with E-state index in [1.807, 2.05) is 55.1 Å². The number of amides is 1. The van der Waals surface area contributed by atoms with Gasteiger partial charge in [-0.2, -0.15) is 0 Å². The van der Waals surface area contributed by atoms with Crippen LogP contribution in [0.2, 0.25) is 0 Å². The lowest BCUT2D eigenvalue weighted by Gasteiger charge is -2.18. The van der Waals surface area contributed by atoms with Gasteiger partial charge in [0.15, 0.2) is 11.5 Å². The summed E-state index contributed by atoms with van der Waals surface area (Å²) in [7, 11) is 0. The van der Waals surface area contributed by atoms with E-state index in [0.717, 1.165) is 50.1 Å². The lowest BCUT2D eigenvalue weighted by Crippen LogP contribution is -2.29. The molecule has 0 atom stereocenters. The number of thiazole rings is 1. The molecule has 0 aliphatic carbocycles. The van der Waals surface area contributed by atoms with Crippen LogP contribution in [0, 0.1) is 13.8 Å². The smallest absolute Gasteiger partial charge is 0.260 e. The first-order valence-corrected chi connectivity index (χ1v) is 13.0. The van der Waals surface area contributed by atoms with Gasteiger partial charge in [0.2, 0.25) is 6.79 Å². The lowest BCUT2D eigenvalue weighted by molar-refractivity contribution is -0.117. The van der Waals surface area contributed by atoms with E-state index in [2.05, 4.69) is 11.1 Å². The predicted octanol–water partition coefficient (Wildman–Crippen LogP) is 5.11. The fourth-order valence-electron chi connectivity index (χ4n) is 4.92. The summed E-state index contributed by atoms with van der Waals surface area (Å²) >= 11 is 1.56. The molecular formula is C29H25N3O4S. The van der Waals surface area contributed by atoms with Crippen molar-refractivity contribution in [2.75, 3.05) is 18.2 Å². The zero-order valence-electron chi connectivity index (χ0n) is 20.6. The highest BCUT2D eigenvalue weighted by Gasteiger charge is 2.27. The van der Waals surface area contributed by atoms with E-state index in [-0.39, 0.29) is 24.9 Å². The van der Waals surface area contributed by atoms with E-state index >= 15 is 0 Å². The molecule has 2 aliphatic rings. The Labute approximate surface area is 218 Å². The maximum absolute atomic E-state index is 13.2. The van der Waals surface area contributed by atoms with Gasteiger partial charge in [0, 0.05) is 41.0 Å². The van der Waals surface area contributed by atoms with Crippen molar-refractivity contribution < 1.29 is 19.1 Å². The Balaban J connectivity index is 1.17. The summed E-state index contributed by atoms with van der Waals surface area (Å²) < 4.78 is 10.8. The number of rotatable bonds is 6. The second-order valence-corrected chi connectivity index (χ2v) is 10.6. The summed E-state index contributed by atoms with van der Waals surface area (Å²) in [6.45, 7) is 4.75. The van der Waals surface area contributed by atoms with E-state index in [9.17, 15) is 9.59 Å². The normalized spacial score (nSPS) is 13.6. The van der Waals surface area contributed by atoms with Crippen LogP contribution in [0.3, 0.4) is 0 Å². The Morgan fingerprint density at radius 1 is 1.03 bits per heavy atom. The highest BCUT2D eigenvalue weighted by molar-refractivity contribution is 7.12. The van der Waals surface area contributed by atoms with Gasteiger partial charge in [0.1, 0.15) is 10.8 Å². The zero-order valence-corrected chi connectivity index (χ0v) is 21.4. The number of anilines is 1. The molecule has 2 aromatic carbocycles. The summed E-state index contributed by atoms with van der Waals surface area (Å²) in [5, 5.41) is 0.808. The van der Waals surface area contributed by atoms with Crippen LogP contribution in [0.1, 0.15) is 37.1 Å². The van der Waals surface area contributed by atoms with Gasteiger partial charge in [-0.3, -0.25) is 14.6 Å². The topological polar surface area (TPSA) is 81.6 Å². The van der Waals surface area contributed by atoms with Crippen molar-refractivity contribution in [2.45, 2.75) is 33.1 Å². The quantitative estimate of drug-likeness (QED) is 0.358. The second kappa shape index (κ2) is 9.44. The molecule has 4 aromatic rings. The molecule has 8 heteroatoms. The van der Waals surface area contributed by atoms with Gasteiger partial charge >= 0.3 is 0 Å². The van der Waals surface area contributed by atoms with Crippen LogP contribution in [-0.2, 0) is 24.1 Å². The third-order valence-electron chi connectivity index (χ3n) is 6.76. The summed E-state index contributed by atoms with van der Waals surface area (Å²) in [6.07, 6.45) is 3.10. The summed E-state index contributed by atoms with van der Waals surface area (Å²) in [5.41, 5.74) is 6.23. The Morgan fingerprint density at radius 2 is 1.89 bits per heavy atom. The number of fused-ring (bicyclic) bond motifs is 2. The number of benzene rings is 2. The van der Waals surface area contributed by atoms with Gasteiger partial charge in [-0.15, -0.1) is 11.3 Å². The number of ketones is 1. The number of hydrogen-bond acceptors (Lipinski definition) is 7. The van der Waals surface area contributed by atoms with E-state index in [0.29, 0.717) is 30.0 Å². The molecule has 0 unspecified atom stereocenters. The number of aryl methyl sites for hydroxylation is 2. The van der Waals surface area contributed by atoms with Crippen LogP contribution in [0.15, 0.2) is 54.7 Å². The SMILES string of the molecule is Cc1ncccc1C(=O)N1CCc2cc(-c3nc(CC(=O)Cc4ccc5c(c4)OCO5)sc3C)ccc21. The van der Waals surface area contributed by atoms with Crippen molar-refractivity contribution in [3.05, 3.63) is 87.0 Å². The molecule has 7 nitrogen and oxygen atoms in total. The lowest BCUT2D eigenvalue weighted by atomic mass is 10.0. The average Bonchev–Trinajstić information content (AvgIpc) is 3.61. The van der Waals surface area contributed by atoms with Crippen molar-refractivity contribution in [3.63, 3.8) is 0 Å². The van der Waals surface area contributed by atoms with E-state index in [1.165, 1.54) is 0 Å². The second-order valence-electron chi connectivity index (χ2n) is 9.28. The Kier molecular flexibility index (Phi) is 5.96. The first-order chi connectivity index (χ1) is 18.0. The van der Waals surface area contributed by atoms with Crippen LogP contribution in [0.25, 0.3) is 11.3 Å². The zero-order chi connectivity index (χ0) is 25.5. The molecule has 0 radical (unpaired) electrons. The number of nitrogens with zero attached hydrogens (tertiary/aromatic N) is 3. The molecule has 4 heterocycles. The minimum atomic E-state index is -0.0230. The Hall–Kier alpha value is -4.04. The molecule has 6 rings (SSSR count). The first-order valence-electron chi connectivity index (χ1n) is 12.2. The average molecular weight is 512 g/mol. The predicted molar refractivity (Wildman–Crippen MR) is 142 cm³/mol. The highest BCUT2D eigenvalue weighted by atomic mass is 32.1. The van der Waals surface area contributed by atoms with Crippen LogP contribution in [0.5, 0.6) is 11.5 Å². The molecule has 37 heavy (non-hydrogen) atoms. The number of Topliss-reactive ketones (excluding diaryl/α,β-unsaturated/α-hetero) is 1. The number of pyridine rings is 1. The van der Waals surface area contributed by atoms with Crippen molar-refractivity contribution >= 4 is 28.7 Å². The summed E-state index contributed by atoms with van der Waals surface area (Å²) in [5.74, 6) is 1.48. The fraction of sp³-hybridized carbons (Fsp3) is 0.241. The van der Waals surface area contributed by atoms with Crippen molar-refractivity contribution in [1.29, 1.82) is 0 Å². The molecule has 0 fully saturated rings.